The number of carbonyl (C=O) groups excluding carboxylic acids is 1. The summed E-state index contributed by atoms with van der Waals surface area (Å²) in [5, 5.41) is 2.98. The van der Waals surface area contributed by atoms with E-state index >= 15 is 0 Å². The fourth-order valence-electron chi connectivity index (χ4n) is 4.03. The molecule has 0 unspecified atom stereocenters. The topological polar surface area (TPSA) is 41.6 Å². The number of likely N-dealkylation sites (tertiary alicyclic amines) is 1. The fourth-order valence-corrected chi connectivity index (χ4v) is 4.03. The van der Waals surface area contributed by atoms with Crippen molar-refractivity contribution in [3.8, 4) is 16.9 Å². The van der Waals surface area contributed by atoms with Crippen LogP contribution < -0.4 is 10.1 Å². The van der Waals surface area contributed by atoms with Gasteiger partial charge in [0.2, 0.25) is 0 Å². The minimum absolute atomic E-state index is 0.0629. The van der Waals surface area contributed by atoms with Gasteiger partial charge in [-0.15, -0.1) is 0 Å². The smallest absolute Gasteiger partial charge is 0.251 e. The number of hydrogen-bond donors (Lipinski definition) is 1. The molecule has 3 rings (SSSR count). The van der Waals surface area contributed by atoms with Crippen LogP contribution in [0, 0.1) is 5.92 Å². The van der Waals surface area contributed by atoms with Crippen LogP contribution in [0.15, 0.2) is 48.5 Å². The molecule has 1 N–H and O–H groups in total. The maximum atomic E-state index is 13.8. The van der Waals surface area contributed by atoms with Crippen molar-refractivity contribution in [2.75, 3.05) is 26.2 Å². The first kappa shape index (κ1) is 24.2. The Morgan fingerprint density at radius 1 is 0.969 bits per heavy atom. The van der Waals surface area contributed by atoms with E-state index in [9.17, 15) is 9.18 Å². The van der Waals surface area contributed by atoms with Crippen LogP contribution in [-0.2, 0) is 0 Å². The van der Waals surface area contributed by atoms with E-state index in [0.717, 1.165) is 42.8 Å². The van der Waals surface area contributed by atoms with Gasteiger partial charge in [-0.1, -0.05) is 24.3 Å². The molecule has 1 aliphatic rings. The SMILES string of the molecule is CC(C)(F)CN1CCC(COc2ccc(-c3ccc(C(=O)NC(C)(C)C)cc3)cc2)CC1. The number of rotatable bonds is 7. The van der Waals surface area contributed by atoms with E-state index in [2.05, 4.69) is 10.2 Å². The first-order valence-electron chi connectivity index (χ1n) is 11.6. The van der Waals surface area contributed by atoms with E-state index in [1.54, 1.807) is 13.8 Å². The van der Waals surface area contributed by atoms with Crippen LogP contribution in [0.5, 0.6) is 5.75 Å². The zero-order valence-corrected chi connectivity index (χ0v) is 20.1. The summed E-state index contributed by atoms with van der Waals surface area (Å²) in [4.78, 5) is 14.5. The third kappa shape index (κ3) is 7.63. The lowest BCUT2D eigenvalue weighted by Crippen LogP contribution is -2.41. The summed E-state index contributed by atoms with van der Waals surface area (Å²) in [5.41, 5.74) is 1.41. The van der Waals surface area contributed by atoms with Gasteiger partial charge in [-0.3, -0.25) is 4.79 Å². The highest BCUT2D eigenvalue weighted by Gasteiger charge is 2.25. The molecule has 1 amide bonds. The Balaban J connectivity index is 1.49. The Kier molecular flexibility index (Phi) is 7.60. The van der Waals surface area contributed by atoms with Crippen molar-refractivity contribution in [1.82, 2.24) is 10.2 Å². The quantitative estimate of drug-likeness (QED) is 0.599. The molecule has 1 fully saturated rings. The minimum atomic E-state index is -1.13. The largest absolute Gasteiger partial charge is 0.493 e. The molecule has 0 aliphatic carbocycles. The summed E-state index contributed by atoms with van der Waals surface area (Å²) in [6.45, 7) is 12.3. The molecule has 2 aromatic rings. The second-order valence-electron chi connectivity index (χ2n) is 10.6. The molecule has 5 heteroatoms. The highest BCUT2D eigenvalue weighted by molar-refractivity contribution is 5.95. The molecule has 0 saturated carbocycles. The Morgan fingerprint density at radius 2 is 1.50 bits per heavy atom. The van der Waals surface area contributed by atoms with Crippen molar-refractivity contribution in [2.45, 2.75) is 58.7 Å². The number of nitrogens with one attached hydrogen (secondary N) is 1. The van der Waals surface area contributed by atoms with Crippen molar-refractivity contribution in [2.24, 2.45) is 5.92 Å². The second-order valence-corrected chi connectivity index (χ2v) is 10.6. The summed E-state index contributed by atoms with van der Waals surface area (Å²) >= 11 is 0. The van der Waals surface area contributed by atoms with Crippen LogP contribution in [0.3, 0.4) is 0 Å². The normalized spacial score (nSPS) is 16.1. The lowest BCUT2D eigenvalue weighted by Gasteiger charge is -2.34. The second kappa shape index (κ2) is 10.0. The van der Waals surface area contributed by atoms with Gasteiger partial charge in [0, 0.05) is 17.6 Å². The van der Waals surface area contributed by atoms with E-state index in [0.29, 0.717) is 24.6 Å². The Morgan fingerprint density at radius 3 is 2.00 bits per heavy atom. The van der Waals surface area contributed by atoms with Crippen molar-refractivity contribution >= 4 is 5.91 Å². The predicted octanol–water partition coefficient (Wildman–Crippen LogP) is 5.72. The van der Waals surface area contributed by atoms with E-state index in [1.807, 2.05) is 69.3 Å². The summed E-state index contributed by atoms with van der Waals surface area (Å²) in [6, 6.07) is 15.7. The Bertz CT molecular complexity index is 872. The number of hydrogen-bond acceptors (Lipinski definition) is 3. The van der Waals surface area contributed by atoms with Gasteiger partial charge in [0.1, 0.15) is 11.4 Å². The number of carbonyl (C=O) groups is 1. The van der Waals surface area contributed by atoms with Crippen LogP contribution >= 0.6 is 0 Å². The number of nitrogens with zero attached hydrogens (tertiary/aromatic N) is 1. The molecule has 0 radical (unpaired) electrons. The van der Waals surface area contributed by atoms with Crippen LogP contribution in [0.25, 0.3) is 11.1 Å². The van der Waals surface area contributed by atoms with E-state index in [1.165, 1.54) is 0 Å². The minimum Gasteiger partial charge on any atom is -0.493 e. The van der Waals surface area contributed by atoms with Crippen LogP contribution in [-0.4, -0.2) is 48.3 Å². The molecule has 4 nitrogen and oxygen atoms in total. The summed E-state index contributed by atoms with van der Waals surface area (Å²) in [6.07, 6.45) is 2.09. The highest BCUT2D eigenvalue weighted by atomic mass is 19.1. The number of benzene rings is 2. The van der Waals surface area contributed by atoms with Gasteiger partial charge in [-0.05, 0) is 102 Å². The Hall–Kier alpha value is -2.40. The van der Waals surface area contributed by atoms with Crippen LogP contribution in [0.2, 0.25) is 0 Å². The lowest BCUT2D eigenvalue weighted by atomic mass is 9.97. The van der Waals surface area contributed by atoms with Crippen molar-refractivity contribution in [3.05, 3.63) is 54.1 Å². The van der Waals surface area contributed by atoms with Gasteiger partial charge in [0.05, 0.1) is 6.61 Å². The van der Waals surface area contributed by atoms with Crippen molar-refractivity contribution in [3.63, 3.8) is 0 Å². The highest BCUT2D eigenvalue weighted by Crippen LogP contribution is 2.25. The molecule has 0 aromatic heterocycles. The number of alkyl halides is 1. The average Bonchev–Trinajstić information content (AvgIpc) is 2.71. The van der Waals surface area contributed by atoms with Gasteiger partial charge < -0.3 is 15.0 Å². The molecule has 2 aromatic carbocycles. The van der Waals surface area contributed by atoms with E-state index in [-0.39, 0.29) is 11.4 Å². The van der Waals surface area contributed by atoms with Crippen LogP contribution in [0.1, 0.15) is 57.8 Å². The number of halogens is 1. The molecule has 0 bridgehead atoms. The lowest BCUT2D eigenvalue weighted by molar-refractivity contribution is 0.0836. The average molecular weight is 441 g/mol. The standard InChI is InChI=1S/C27H37FN2O2/c1-26(2,3)29-25(31)23-8-6-21(7-9-23)22-10-12-24(13-11-22)32-18-20-14-16-30(17-15-20)19-27(4,5)28/h6-13,20H,14-19H2,1-5H3,(H,29,31). The molecular formula is C27H37FN2O2. The molecular weight excluding hydrogens is 403 g/mol. The maximum Gasteiger partial charge on any atom is 0.251 e. The molecule has 174 valence electrons. The fraction of sp³-hybridized carbons (Fsp3) is 0.519. The van der Waals surface area contributed by atoms with Crippen molar-refractivity contribution in [1.29, 1.82) is 0 Å². The van der Waals surface area contributed by atoms with E-state index in [4.69, 9.17) is 4.74 Å². The molecule has 1 aliphatic heterocycles. The van der Waals surface area contributed by atoms with E-state index < -0.39 is 5.67 Å². The maximum absolute atomic E-state index is 13.8. The molecule has 0 atom stereocenters. The third-order valence-corrected chi connectivity index (χ3v) is 5.62. The predicted molar refractivity (Wildman–Crippen MR) is 129 cm³/mol. The first-order chi connectivity index (χ1) is 15.0. The van der Waals surface area contributed by atoms with Gasteiger partial charge in [-0.2, -0.15) is 0 Å². The molecule has 32 heavy (non-hydrogen) atoms. The summed E-state index contributed by atoms with van der Waals surface area (Å²) in [5.74, 6) is 1.31. The van der Waals surface area contributed by atoms with Gasteiger partial charge in [0.25, 0.3) is 5.91 Å². The first-order valence-corrected chi connectivity index (χ1v) is 11.6. The van der Waals surface area contributed by atoms with Crippen molar-refractivity contribution < 1.29 is 13.9 Å². The Labute approximate surface area is 192 Å². The molecule has 1 heterocycles. The third-order valence-electron chi connectivity index (χ3n) is 5.62. The summed E-state index contributed by atoms with van der Waals surface area (Å²) in [7, 11) is 0. The monoisotopic (exact) mass is 440 g/mol. The van der Waals surface area contributed by atoms with Gasteiger partial charge >= 0.3 is 0 Å². The zero-order chi connectivity index (χ0) is 23.4. The number of piperidine rings is 1. The molecule has 0 spiro atoms. The zero-order valence-electron chi connectivity index (χ0n) is 20.1. The number of amides is 1. The van der Waals surface area contributed by atoms with Gasteiger partial charge in [0.15, 0.2) is 0 Å². The molecule has 1 saturated heterocycles. The van der Waals surface area contributed by atoms with Gasteiger partial charge in [-0.25, -0.2) is 4.39 Å². The number of ether oxygens (including phenoxy) is 1. The summed E-state index contributed by atoms with van der Waals surface area (Å²) < 4.78 is 19.8. The van der Waals surface area contributed by atoms with Crippen LogP contribution in [0.4, 0.5) is 4.39 Å².